The van der Waals surface area contributed by atoms with Crippen molar-refractivity contribution in [3.8, 4) is 0 Å². The summed E-state index contributed by atoms with van der Waals surface area (Å²) in [5.74, 6) is 0.928. The minimum absolute atomic E-state index is 0.303. The Bertz CT molecular complexity index is 185. The minimum Gasteiger partial charge on any atom is -0.338 e. The number of likely N-dealkylation sites (tertiary alicyclic amines) is 1. The number of carbonyl (C=O) groups excluding carboxylic acids is 1. The van der Waals surface area contributed by atoms with Crippen LogP contribution in [0.5, 0.6) is 0 Å². The third-order valence-corrected chi connectivity index (χ3v) is 3.19. The number of hydrogen-bond acceptors (Lipinski definition) is 3. The summed E-state index contributed by atoms with van der Waals surface area (Å²) in [5.41, 5.74) is 0. The van der Waals surface area contributed by atoms with Crippen molar-refractivity contribution < 1.29 is 4.79 Å². The maximum atomic E-state index is 11.8. The lowest BCUT2D eigenvalue weighted by Crippen LogP contribution is -2.48. The van der Waals surface area contributed by atoms with Crippen LogP contribution in [-0.4, -0.2) is 49.0 Å². The van der Waals surface area contributed by atoms with Crippen molar-refractivity contribution in [2.75, 3.05) is 32.1 Å². The van der Waals surface area contributed by atoms with Crippen LogP contribution in [0.2, 0.25) is 0 Å². The molecule has 0 spiro atoms. The normalized spacial score (nSPS) is 22.4. The van der Waals surface area contributed by atoms with Gasteiger partial charge in [0.05, 0.1) is 5.75 Å². The van der Waals surface area contributed by atoms with E-state index in [9.17, 15) is 4.79 Å². The summed E-state index contributed by atoms with van der Waals surface area (Å²) in [5, 5.41) is 3.16. The lowest BCUT2D eigenvalue weighted by molar-refractivity contribution is -0.131. The van der Waals surface area contributed by atoms with E-state index in [0.29, 0.717) is 17.7 Å². The zero-order valence-corrected chi connectivity index (χ0v) is 9.90. The number of likely N-dealkylation sites (N-methyl/N-ethyl adjacent to an activating group) is 1. The Balaban J connectivity index is 2.48. The molecule has 0 aromatic rings. The molecule has 0 aliphatic carbocycles. The van der Waals surface area contributed by atoms with Crippen LogP contribution in [0, 0.1) is 0 Å². The number of thioether (sulfide) groups is 1. The second kappa shape index (κ2) is 6.30. The highest BCUT2D eigenvalue weighted by Crippen LogP contribution is 2.17. The molecule has 1 fully saturated rings. The van der Waals surface area contributed by atoms with Gasteiger partial charge in [0.2, 0.25) is 5.91 Å². The Hall–Kier alpha value is -0.220. The number of carbonyl (C=O) groups is 1. The highest BCUT2D eigenvalue weighted by molar-refractivity contribution is 7.99. The van der Waals surface area contributed by atoms with Crippen LogP contribution >= 0.6 is 11.8 Å². The van der Waals surface area contributed by atoms with Crippen LogP contribution in [0.4, 0.5) is 0 Å². The lowest BCUT2D eigenvalue weighted by Gasteiger charge is -2.35. The molecule has 1 saturated heterocycles. The largest absolute Gasteiger partial charge is 0.338 e. The van der Waals surface area contributed by atoms with E-state index in [1.54, 1.807) is 11.8 Å². The van der Waals surface area contributed by atoms with Gasteiger partial charge in [0.25, 0.3) is 0 Å². The first-order valence-corrected chi connectivity index (χ1v) is 6.62. The fourth-order valence-corrected chi connectivity index (χ4v) is 2.40. The fraction of sp³-hybridized carbons (Fsp3) is 0.900. The van der Waals surface area contributed by atoms with Gasteiger partial charge in [-0.2, -0.15) is 11.8 Å². The quantitative estimate of drug-likeness (QED) is 0.759. The van der Waals surface area contributed by atoms with Crippen LogP contribution < -0.4 is 5.32 Å². The molecule has 82 valence electrons. The van der Waals surface area contributed by atoms with Crippen LogP contribution in [-0.2, 0) is 4.79 Å². The summed E-state index contributed by atoms with van der Waals surface area (Å²) in [4.78, 5) is 13.8. The van der Waals surface area contributed by atoms with Crippen LogP contribution in [0.25, 0.3) is 0 Å². The molecule has 1 heterocycles. The minimum atomic E-state index is 0.303. The highest BCUT2D eigenvalue weighted by atomic mass is 32.2. The third kappa shape index (κ3) is 3.17. The molecule has 3 nitrogen and oxygen atoms in total. The van der Waals surface area contributed by atoms with E-state index in [4.69, 9.17) is 0 Å². The van der Waals surface area contributed by atoms with Gasteiger partial charge in [-0.25, -0.2) is 0 Å². The highest BCUT2D eigenvalue weighted by Gasteiger charge is 2.25. The van der Waals surface area contributed by atoms with E-state index >= 15 is 0 Å². The molecular formula is C10H20N2OS. The molecule has 1 unspecified atom stereocenters. The zero-order chi connectivity index (χ0) is 10.4. The maximum absolute atomic E-state index is 11.8. The predicted molar refractivity (Wildman–Crippen MR) is 61.7 cm³/mol. The number of nitrogens with one attached hydrogen (secondary N) is 1. The van der Waals surface area contributed by atoms with E-state index in [-0.39, 0.29) is 0 Å². The van der Waals surface area contributed by atoms with Gasteiger partial charge in [-0.05, 0) is 32.6 Å². The van der Waals surface area contributed by atoms with Gasteiger partial charge in [0, 0.05) is 19.1 Å². The van der Waals surface area contributed by atoms with Crippen LogP contribution in [0.3, 0.4) is 0 Å². The van der Waals surface area contributed by atoms with Gasteiger partial charge in [0.1, 0.15) is 0 Å². The number of nitrogens with zero attached hydrogens (tertiary/aromatic N) is 1. The first-order valence-electron chi connectivity index (χ1n) is 5.22. The molecule has 1 rings (SSSR count). The summed E-state index contributed by atoms with van der Waals surface area (Å²) in [6.45, 7) is 1.88. The Morgan fingerprint density at radius 2 is 2.36 bits per heavy atom. The Kier molecular flexibility index (Phi) is 5.33. The van der Waals surface area contributed by atoms with Crippen molar-refractivity contribution in [1.82, 2.24) is 10.2 Å². The Morgan fingerprint density at radius 1 is 1.57 bits per heavy atom. The van der Waals surface area contributed by atoms with Crippen molar-refractivity contribution in [3.63, 3.8) is 0 Å². The monoisotopic (exact) mass is 216 g/mol. The molecule has 1 aliphatic heterocycles. The molecule has 1 atom stereocenters. The Morgan fingerprint density at radius 3 is 3.00 bits per heavy atom. The van der Waals surface area contributed by atoms with Crippen molar-refractivity contribution in [2.45, 2.75) is 25.3 Å². The molecule has 1 N–H and O–H groups in total. The van der Waals surface area contributed by atoms with Gasteiger partial charge >= 0.3 is 0 Å². The molecule has 1 aliphatic rings. The average Bonchev–Trinajstić information content (AvgIpc) is 2.19. The summed E-state index contributed by atoms with van der Waals surface area (Å²) in [6, 6.07) is 0.424. The van der Waals surface area contributed by atoms with E-state index in [0.717, 1.165) is 19.5 Å². The molecule has 0 aromatic heterocycles. The number of rotatable bonds is 4. The van der Waals surface area contributed by atoms with Crippen molar-refractivity contribution in [3.05, 3.63) is 0 Å². The number of amides is 1. The van der Waals surface area contributed by atoms with Gasteiger partial charge in [-0.3, -0.25) is 4.79 Å². The van der Waals surface area contributed by atoms with Crippen LogP contribution in [0.1, 0.15) is 19.3 Å². The van der Waals surface area contributed by atoms with Gasteiger partial charge in [0.15, 0.2) is 0 Å². The van der Waals surface area contributed by atoms with E-state index in [1.807, 2.05) is 13.3 Å². The third-order valence-electron chi connectivity index (χ3n) is 2.66. The summed E-state index contributed by atoms with van der Waals surface area (Å²) < 4.78 is 0. The SMILES string of the molecule is CNCC1CCCCN1C(=O)CSC. The second-order valence-corrected chi connectivity index (χ2v) is 4.59. The summed E-state index contributed by atoms with van der Waals surface area (Å²) in [6.07, 6.45) is 5.56. The first kappa shape index (κ1) is 11.9. The maximum Gasteiger partial charge on any atom is 0.232 e. The molecule has 0 aromatic carbocycles. The second-order valence-electron chi connectivity index (χ2n) is 3.73. The van der Waals surface area contributed by atoms with Gasteiger partial charge in [-0.15, -0.1) is 0 Å². The predicted octanol–water partition coefficient (Wildman–Crippen LogP) is 0.950. The topological polar surface area (TPSA) is 32.3 Å². The van der Waals surface area contributed by atoms with E-state index < -0.39 is 0 Å². The molecule has 1 amide bonds. The van der Waals surface area contributed by atoms with E-state index in [1.165, 1.54) is 12.8 Å². The molecule has 14 heavy (non-hydrogen) atoms. The first-order chi connectivity index (χ1) is 6.79. The number of piperidine rings is 1. The summed E-state index contributed by atoms with van der Waals surface area (Å²) >= 11 is 1.61. The van der Waals surface area contributed by atoms with E-state index in [2.05, 4.69) is 10.2 Å². The molecule has 0 bridgehead atoms. The molecule has 4 heteroatoms. The van der Waals surface area contributed by atoms with Crippen LogP contribution in [0.15, 0.2) is 0 Å². The average molecular weight is 216 g/mol. The molecule has 0 radical (unpaired) electrons. The van der Waals surface area contributed by atoms with Gasteiger partial charge in [-0.1, -0.05) is 0 Å². The summed E-state index contributed by atoms with van der Waals surface area (Å²) in [7, 11) is 1.95. The lowest BCUT2D eigenvalue weighted by atomic mass is 10.0. The Labute approximate surface area is 90.6 Å². The number of hydrogen-bond donors (Lipinski definition) is 1. The van der Waals surface area contributed by atoms with Crippen molar-refractivity contribution in [2.24, 2.45) is 0 Å². The van der Waals surface area contributed by atoms with Gasteiger partial charge < -0.3 is 10.2 Å². The molecule has 0 saturated carbocycles. The van der Waals surface area contributed by atoms with Crippen molar-refractivity contribution >= 4 is 17.7 Å². The smallest absolute Gasteiger partial charge is 0.232 e. The zero-order valence-electron chi connectivity index (χ0n) is 9.08. The fourth-order valence-electron chi connectivity index (χ4n) is 1.98. The molecular weight excluding hydrogens is 196 g/mol. The standard InChI is InChI=1S/C10H20N2OS/c1-11-7-9-5-3-4-6-12(9)10(13)8-14-2/h9,11H,3-8H2,1-2H3. The van der Waals surface area contributed by atoms with Crippen molar-refractivity contribution in [1.29, 1.82) is 0 Å².